The Morgan fingerprint density at radius 3 is 2.38 bits per heavy atom. The summed E-state index contributed by atoms with van der Waals surface area (Å²) in [4.78, 5) is 4.68. The van der Waals surface area contributed by atoms with Gasteiger partial charge in [-0.15, -0.1) is 10.2 Å². The molecule has 6 heteroatoms. The molecule has 26 heavy (non-hydrogen) atoms. The first kappa shape index (κ1) is 18.9. The first-order chi connectivity index (χ1) is 12.6. The Bertz CT molecular complexity index is 687. The molecule has 0 radical (unpaired) electrons. The van der Waals surface area contributed by atoms with Gasteiger partial charge in [0.2, 0.25) is 0 Å². The molecule has 0 unspecified atom stereocenters. The van der Waals surface area contributed by atoms with Crippen LogP contribution in [0.5, 0.6) is 5.75 Å². The van der Waals surface area contributed by atoms with Crippen molar-refractivity contribution in [3.8, 4) is 5.75 Å². The summed E-state index contributed by atoms with van der Waals surface area (Å²) in [5.41, 5.74) is 1.34. The number of likely N-dealkylation sites (tertiary alicyclic amines) is 1. The first-order valence-electron chi connectivity index (χ1n) is 9.52. The minimum Gasteiger partial charge on any atom is -0.497 e. The van der Waals surface area contributed by atoms with Crippen LogP contribution in [0.1, 0.15) is 42.9 Å². The lowest BCUT2D eigenvalue weighted by atomic mass is 9.95. The summed E-state index contributed by atoms with van der Waals surface area (Å²) in [6.45, 7) is 7.19. The van der Waals surface area contributed by atoms with Crippen LogP contribution in [0, 0.1) is 0 Å². The molecule has 2 heterocycles. The van der Waals surface area contributed by atoms with Crippen molar-refractivity contribution in [1.29, 1.82) is 0 Å². The molecule has 6 nitrogen and oxygen atoms in total. The third kappa shape index (κ3) is 4.43. The van der Waals surface area contributed by atoms with E-state index < -0.39 is 0 Å². The number of benzene rings is 1. The second-order valence-electron chi connectivity index (χ2n) is 7.35. The highest BCUT2D eigenvalue weighted by molar-refractivity contribution is 5.27. The average Bonchev–Trinajstić information content (AvgIpc) is 3.05. The first-order valence-corrected chi connectivity index (χ1v) is 9.52. The highest BCUT2D eigenvalue weighted by Crippen LogP contribution is 2.28. The molecule has 1 aliphatic rings. The van der Waals surface area contributed by atoms with Crippen LogP contribution in [0.25, 0.3) is 0 Å². The number of ether oxygens (including phenoxy) is 1. The topological polar surface area (TPSA) is 46.4 Å². The van der Waals surface area contributed by atoms with Crippen molar-refractivity contribution in [2.75, 3.05) is 34.3 Å². The van der Waals surface area contributed by atoms with Gasteiger partial charge in [-0.05, 0) is 64.6 Å². The van der Waals surface area contributed by atoms with Gasteiger partial charge in [-0.25, -0.2) is 0 Å². The van der Waals surface area contributed by atoms with Crippen molar-refractivity contribution in [2.24, 2.45) is 0 Å². The fraction of sp³-hybridized carbons (Fsp3) is 0.600. The normalized spacial score (nSPS) is 16.3. The van der Waals surface area contributed by atoms with Crippen LogP contribution in [0.2, 0.25) is 0 Å². The van der Waals surface area contributed by atoms with Crippen LogP contribution in [0.15, 0.2) is 24.3 Å². The summed E-state index contributed by atoms with van der Waals surface area (Å²) in [5, 5.41) is 9.00. The molecule has 0 aliphatic carbocycles. The molecule has 1 saturated heterocycles. The maximum absolute atomic E-state index is 5.24. The van der Waals surface area contributed by atoms with Crippen LogP contribution in [0.4, 0.5) is 0 Å². The SMILES string of the molecule is CCn1c(CN(C)C)nnc1C1CCN(Cc2ccc(OC)cc2)CC1. The van der Waals surface area contributed by atoms with Gasteiger partial charge in [0.15, 0.2) is 0 Å². The van der Waals surface area contributed by atoms with Gasteiger partial charge in [-0.3, -0.25) is 4.90 Å². The summed E-state index contributed by atoms with van der Waals surface area (Å²) in [6, 6.07) is 8.40. The number of rotatable bonds is 7. The van der Waals surface area contributed by atoms with E-state index >= 15 is 0 Å². The van der Waals surface area contributed by atoms with E-state index in [2.05, 4.69) is 57.7 Å². The number of hydrogen-bond donors (Lipinski definition) is 0. The monoisotopic (exact) mass is 357 g/mol. The van der Waals surface area contributed by atoms with Gasteiger partial charge in [-0.2, -0.15) is 0 Å². The molecule has 0 atom stereocenters. The van der Waals surface area contributed by atoms with Crippen molar-refractivity contribution in [3.63, 3.8) is 0 Å². The van der Waals surface area contributed by atoms with Gasteiger partial charge in [-0.1, -0.05) is 12.1 Å². The maximum Gasteiger partial charge on any atom is 0.147 e. The van der Waals surface area contributed by atoms with Gasteiger partial charge in [0.1, 0.15) is 17.4 Å². The molecule has 0 amide bonds. The lowest BCUT2D eigenvalue weighted by Gasteiger charge is -2.31. The van der Waals surface area contributed by atoms with Crippen LogP contribution < -0.4 is 4.74 Å². The van der Waals surface area contributed by atoms with E-state index in [-0.39, 0.29) is 0 Å². The second kappa shape index (κ2) is 8.64. The van der Waals surface area contributed by atoms with E-state index in [0.717, 1.165) is 57.1 Å². The van der Waals surface area contributed by atoms with Crippen molar-refractivity contribution in [3.05, 3.63) is 41.5 Å². The largest absolute Gasteiger partial charge is 0.497 e. The molecule has 1 aromatic carbocycles. The van der Waals surface area contributed by atoms with Crippen molar-refractivity contribution in [1.82, 2.24) is 24.6 Å². The summed E-state index contributed by atoms with van der Waals surface area (Å²) in [6.07, 6.45) is 2.30. The summed E-state index contributed by atoms with van der Waals surface area (Å²) < 4.78 is 7.55. The standard InChI is InChI=1S/C20H31N5O/c1-5-25-19(15-23(2)3)21-22-20(25)17-10-12-24(13-11-17)14-16-6-8-18(26-4)9-7-16/h6-9,17H,5,10-15H2,1-4H3. The van der Waals surface area contributed by atoms with Crippen LogP contribution in [-0.2, 0) is 19.6 Å². The zero-order valence-electron chi connectivity index (χ0n) is 16.5. The van der Waals surface area contributed by atoms with Gasteiger partial charge >= 0.3 is 0 Å². The number of piperidine rings is 1. The van der Waals surface area contributed by atoms with E-state index in [0.29, 0.717) is 5.92 Å². The molecular weight excluding hydrogens is 326 g/mol. The third-order valence-electron chi connectivity index (χ3n) is 5.15. The molecule has 1 aliphatic heterocycles. The number of aromatic nitrogens is 3. The number of nitrogens with zero attached hydrogens (tertiary/aromatic N) is 5. The quantitative estimate of drug-likeness (QED) is 0.762. The molecule has 3 rings (SSSR count). The van der Waals surface area contributed by atoms with Gasteiger partial charge < -0.3 is 14.2 Å². The minimum atomic E-state index is 0.519. The molecule has 1 fully saturated rings. The Morgan fingerprint density at radius 1 is 1.12 bits per heavy atom. The molecule has 0 spiro atoms. The highest BCUT2D eigenvalue weighted by atomic mass is 16.5. The van der Waals surface area contributed by atoms with E-state index in [1.807, 2.05) is 12.1 Å². The Balaban J connectivity index is 1.58. The van der Waals surface area contributed by atoms with Gasteiger partial charge in [0.05, 0.1) is 13.7 Å². The third-order valence-corrected chi connectivity index (χ3v) is 5.15. The van der Waals surface area contributed by atoms with E-state index in [4.69, 9.17) is 4.74 Å². The molecule has 0 saturated carbocycles. The highest BCUT2D eigenvalue weighted by Gasteiger charge is 2.25. The van der Waals surface area contributed by atoms with E-state index in [9.17, 15) is 0 Å². The average molecular weight is 358 g/mol. The van der Waals surface area contributed by atoms with Crippen molar-refractivity contribution >= 4 is 0 Å². The lowest BCUT2D eigenvalue weighted by Crippen LogP contribution is -2.33. The zero-order chi connectivity index (χ0) is 18.5. The molecule has 0 N–H and O–H groups in total. The predicted molar refractivity (Wildman–Crippen MR) is 103 cm³/mol. The van der Waals surface area contributed by atoms with E-state index in [1.165, 1.54) is 11.4 Å². The Morgan fingerprint density at radius 2 is 1.81 bits per heavy atom. The van der Waals surface area contributed by atoms with Crippen molar-refractivity contribution < 1.29 is 4.74 Å². The smallest absolute Gasteiger partial charge is 0.147 e. The summed E-state index contributed by atoms with van der Waals surface area (Å²) >= 11 is 0. The summed E-state index contributed by atoms with van der Waals surface area (Å²) in [7, 11) is 5.86. The van der Waals surface area contributed by atoms with Crippen LogP contribution in [-0.4, -0.2) is 58.9 Å². The summed E-state index contributed by atoms with van der Waals surface area (Å²) in [5.74, 6) is 3.69. The molecule has 2 aromatic rings. The number of hydrogen-bond acceptors (Lipinski definition) is 5. The maximum atomic E-state index is 5.24. The second-order valence-corrected chi connectivity index (χ2v) is 7.35. The molecule has 0 bridgehead atoms. The van der Waals surface area contributed by atoms with Crippen molar-refractivity contribution in [2.45, 2.75) is 45.3 Å². The Hall–Kier alpha value is -1.92. The molecule has 1 aromatic heterocycles. The Labute approximate surface area is 156 Å². The fourth-order valence-corrected chi connectivity index (χ4v) is 3.73. The van der Waals surface area contributed by atoms with Gasteiger partial charge in [0, 0.05) is 19.0 Å². The van der Waals surface area contributed by atoms with E-state index in [1.54, 1.807) is 7.11 Å². The van der Waals surface area contributed by atoms with Crippen LogP contribution >= 0.6 is 0 Å². The minimum absolute atomic E-state index is 0.519. The molecule has 142 valence electrons. The fourth-order valence-electron chi connectivity index (χ4n) is 3.73. The Kier molecular flexibility index (Phi) is 6.27. The number of methoxy groups -OCH3 is 1. The molecular formula is C20H31N5O. The van der Waals surface area contributed by atoms with Crippen LogP contribution in [0.3, 0.4) is 0 Å². The lowest BCUT2D eigenvalue weighted by molar-refractivity contribution is 0.200. The zero-order valence-corrected chi connectivity index (χ0v) is 16.5. The predicted octanol–water partition coefficient (Wildman–Crippen LogP) is 2.75. The van der Waals surface area contributed by atoms with Gasteiger partial charge in [0.25, 0.3) is 0 Å².